The Kier molecular flexibility index (Phi) is 3.72. The van der Waals surface area contributed by atoms with Crippen molar-refractivity contribution in [1.29, 1.82) is 0 Å². The first kappa shape index (κ1) is 12.0. The quantitative estimate of drug-likeness (QED) is 0.788. The largest absolute Gasteiger partial charge is 0.494 e. The van der Waals surface area contributed by atoms with Gasteiger partial charge in [0, 0.05) is 6.54 Å². The van der Waals surface area contributed by atoms with Crippen LogP contribution in [0.3, 0.4) is 0 Å². The Bertz CT molecular complexity index is 334. The van der Waals surface area contributed by atoms with Crippen LogP contribution in [0.5, 0.6) is 5.75 Å². The van der Waals surface area contributed by atoms with Crippen molar-refractivity contribution in [2.75, 3.05) is 13.2 Å². The van der Waals surface area contributed by atoms with Crippen molar-refractivity contribution in [3.8, 4) is 5.75 Å². The van der Waals surface area contributed by atoms with Crippen LogP contribution in [0.25, 0.3) is 0 Å². The third-order valence-corrected chi connectivity index (χ3v) is 2.56. The summed E-state index contributed by atoms with van der Waals surface area (Å²) in [5.41, 5.74) is 13.4. The van der Waals surface area contributed by atoms with Gasteiger partial charge in [0.15, 0.2) is 0 Å². The summed E-state index contributed by atoms with van der Waals surface area (Å²) in [6.07, 6.45) is 0. The Labute approximate surface area is 91.4 Å². The van der Waals surface area contributed by atoms with E-state index in [1.165, 1.54) is 0 Å². The van der Waals surface area contributed by atoms with E-state index >= 15 is 0 Å². The Balaban J connectivity index is 3.01. The van der Waals surface area contributed by atoms with Gasteiger partial charge in [0.25, 0.3) is 0 Å². The van der Waals surface area contributed by atoms with E-state index in [-0.39, 0.29) is 0 Å². The van der Waals surface area contributed by atoms with Crippen molar-refractivity contribution in [2.45, 2.75) is 26.3 Å². The molecule has 3 heteroatoms. The predicted octanol–water partition coefficient (Wildman–Crippen LogP) is 1.53. The molecule has 1 unspecified atom stereocenters. The Hall–Kier alpha value is -1.06. The van der Waals surface area contributed by atoms with Gasteiger partial charge < -0.3 is 16.2 Å². The van der Waals surface area contributed by atoms with Gasteiger partial charge in [0.2, 0.25) is 0 Å². The van der Waals surface area contributed by atoms with Gasteiger partial charge in [-0.15, -0.1) is 0 Å². The second-order valence-corrected chi connectivity index (χ2v) is 4.03. The zero-order valence-corrected chi connectivity index (χ0v) is 9.71. The maximum Gasteiger partial charge on any atom is 0.122 e. The van der Waals surface area contributed by atoms with Crippen LogP contribution in [0, 0.1) is 6.92 Å². The van der Waals surface area contributed by atoms with Crippen LogP contribution in [0.2, 0.25) is 0 Å². The van der Waals surface area contributed by atoms with Crippen LogP contribution in [0.4, 0.5) is 0 Å². The summed E-state index contributed by atoms with van der Waals surface area (Å²) >= 11 is 0. The fourth-order valence-corrected chi connectivity index (χ4v) is 1.44. The minimum Gasteiger partial charge on any atom is -0.494 e. The van der Waals surface area contributed by atoms with Crippen molar-refractivity contribution >= 4 is 0 Å². The molecule has 15 heavy (non-hydrogen) atoms. The van der Waals surface area contributed by atoms with E-state index in [1.54, 1.807) is 0 Å². The fourth-order valence-electron chi connectivity index (χ4n) is 1.44. The number of ether oxygens (including phenoxy) is 1. The molecule has 0 aromatic heterocycles. The molecule has 4 N–H and O–H groups in total. The van der Waals surface area contributed by atoms with Gasteiger partial charge in [-0.3, -0.25) is 0 Å². The monoisotopic (exact) mass is 208 g/mol. The van der Waals surface area contributed by atoms with Crippen molar-refractivity contribution in [1.82, 2.24) is 0 Å². The molecular weight excluding hydrogens is 188 g/mol. The van der Waals surface area contributed by atoms with Crippen LogP contribution in [-0.2, 0) is 5.54 Å². The van der Waals surface area contributed by atoms with Crippen LogP contribution in [0.15, 0.2) is 18.2 Å². The second kappa shape index (κ2) is 4.64. The first-order chi connectivity index (χ1) is 7.01. The number of nitrogens with two attached hydrogens (primary N) is 2. The molecule has 0 saturated heterocycles. The van der Waals surface area contributed by atoms with Crippen LogP contribution in [-0.4, -0.2) is 13.2 Å². The normalized spacial score (nSPS) is 14.7. The number of rotatable bonds is 4. The first-order valence-corrected chi connectivity index (χ1v) is 5.24. The summed E-state index contributed by atoms with van der Waals surface area (Å²) in [4.78, 5) is 0. The van der Waals surface area contributed by atoms with E-state index in [4.69, 9.17) is 16.2 Å². The summed E-state index contributed by atoms with van der Waals surface area (Å²) < 4.78 is 5.47. The van der Waals surface area contributed by atoms with Crippen LogP contribution in [0.1, 0.15) is 25.0 Å². The predicted molar refractivity (Wildman–Crippen MR) is 62.9 cm³/mol. The lowest BCUT2D eigenvalue weighted by Crippen LogP contribution is -2.40. The zero-order chi connectivity index (χ0) is 11.5. The number of aryl methyl sites for hydroxylation is 1. The number of hydrogen-bond acceptors (Lipinski definition) is 3. The lowest BCUT2D eigenvalue weighted by molar-refractivity contribution is 0.337. The van der Waals surface area contributed by atoms with Crippen LogP contribution < -0.4 is 16.2 Å². The molecule has 1 rings (SSSR count). The summed E-state index contributed by atoms with van der Waals surface area (Å²) in [5, 5.41) is 0. The molecule has 3 nitrogen and oxygen atoms in total. The molecule has 1 aromatic rings. The molecule has 0 saturated carbocycles. The standard InChI is InChI=1S/C12H20N2O/c1-4-15-11-6-5-10(7-9(11)2)12(3,14)8-13/h5-7H,4,8,13-14H2,1-3H3. The van der Waals surface area contributed by atoms with E-state index in [1.807, 2.05) is 39.0 Å². The Morgan fingerprint density at radius 3 is 2.53 bits per heavy atom. The fraction of sp³-hybridized carbons (Fsp3) is 0.500. The van der Waals surface area contributed by atoms with Gasteiger partial charge in [0.05, 0.1) is 12.1 Å². The molecule has 0 aliphatic carbocycles. The zero-order valence-electron chi connectivity index (χ0n) is 9.71. The third kappa shape index (κ3) is 2.70. The smallest absolute Gasteiger partial charge is 0.122 e. The van der Waals surface area contributed by atoms with E-state index < -0.39 is 5.54 Å². The average molecular weight is 208 g/mol. The molecular formula is C12H20N2O. The SMILES string of the molecule is CCOc1ccc(C(C)(N)CN)cc1C. The highest BCUT2D eigenvalue weighted by atomic mass is 16.5. The Morgan fingerprint density at radius 1 is 1.40 bits per heavy atom. The van der Waals surface area contributed by atoms with Gasteiger partial charge in [0.1, 0.15) is 5.75 Å². The molecule has 0 amide bonds. The molecule has 0 aliphatic heterocycles. The first-order valence-electron chi connectivity index (χ1n) is 5.24. The molecule has 1 atom stereocenters. The van der Waals surface area contributed by atoms with Gasteiger partial charge in [-0.05, 0) is 38.0 Å². The molecule has 0 bridgehead atoms. The van der Waals surface area contributed by atoms with Crippen molar-refractivity contribution in [3.63, 3.8) is 0 Å². The van der Waals surface area contributed by atoms with Crippen molar-refractivity contribution in [3.05, 3.63) is 29.3 Å². The molecule has 0 fully saturated rings. The van der Waals surface area contributed by atoms with E-state index in [2.05, 4.69) is 0 Å². The summed E-state index contributed by atoms with van der Waals surface area (Å²) in [6, 6.07) is 5.97. The molecule has 0 radical (unpaired) electrons. The summed E-state index contributed by atoms with van der Waals surface area (Å²) in [5.74, 6) is 0.911. The van der Waals surface area contributed by atoms with Gasteiger partial charge in [-0.1, -0.05) is 12.1 Å². The molecule has 84 valence electrons. The lowest BCUT2D eigenvalue weighted by Gasteiger charge is -2.24. The number of hydrogen-bond donors (Lipinski definition) is 2. The highest BCUT2D eigenvalue weighted by Gasteiger charge is 2.19. The highest BCUT2D eigenvalue weighted by molar-refractivity contribution is 5.38. The molecule has 0 aliphatic rings. The van der Waals surface area contributed by atoms with Crippen molar-refractivity contribution < 1.29 is 4.74 Å². The maximum atomic E-state index is 6.06. The lowest BCUT2D eigenvalue weighted by atomic mass is 9.92. The second-order valence-electron chi connectivity index (χ2n) is 4.03. The maximum absolute atomic E-state index is 6.06. The van der Waals surface area contributed by atoms with E-state index in [9.17, 15) is 0 Å². The van der Waals surface area contributed by atoms with Crippen molar-refractivity contribution in [2.24, 2.45) is 11.5 Å². The highest BCUT2D eigenvalue weighted by Crippen LogP contribution is 2.24. The third-order valence-electron chi connectivity index (χ3n) is 2.56. The van der Waals surface area contributed by atoms with Gasteiger partial charge in [-0.2, -0.15) is 0 Å². The van der Waals surface area contributed by atoms with Gasteiger partial charge >= 0.3 is 0 Å². The topological polar surface area (TPSA) is 61.3 Å². The van der Waals surface area contributed by atoms with E-state index in [0.717, 1.165) is 16.9 Å². The minimum absolute atomic E-state index is 0.431. The van der Waals surface area contributed by atoms with Gasteiger partial charge in [-0.25, -0.2) is 0 Å². The average Bonchev–Trinajstić information content (AvgIpc) is 2.21. The molecule has 1 aromatic carbocycles. The molecule has 0 heterocycles. The molecule has 0 spiro atoms. The van der Waals surface area contributed by atoms with Crippen LogP contribution >= 0.6 is 0 Å². The Morgan fingerprint density at radius 2 is 2.07 bits per heavy atom. The minimum atomic E-state index is -0.463. The number of benzene rings is 1. The summed E-state index contributed by atoms with van der Waals surface area (Å²) in [6.45, 7) is 7.03. The van der Waals surface area contributed by atoms with E-state index in [0.29, 0.717) is 13.2 Å². The summed E-state index contributed by atoms with van der Waals surface area (Å²) in [7, 11) is 0.